The Balaban J connectivity index is 3.09. The quantitative estimate of drug-likeness (QED) is 0.852. The second kappa shape index (κ2) is 4.67. The van der Waals surface area contributed by atoms with Crippen molar-refractivity contribution in [1.29, 1.82) is 0 Å². The summed E-state index contributed by atoms with van der Waals surface area (Å²) >= 11 is 5.33. The van der Waals surface area contributed by atoms with E-state index in [1.165, 1.54) is 0 Å². The van der Waals surface area contributed by atoms with Crippen LogP contribution >= 0.6 is 11.6 Å². The van der Waals surface area contributed by atoms with Gasteiger partial charge in [-0.15, -0.1) is 0 Å². The van der Waals surface area contributed by atoms with Gasteiger partial charge in [0.2, 0.25) is 5.88 Å². The molecule has 1 aromatic rings. The molecule has 0 amide bonds. The number of aromatic nitrogens is 2. The van der Waals surface area contributed by atoms with Gasteiger partial charge in [-0.2, -0.15) is 26.3 Å². The molecule has 1 aromatic heterocycles. The average molecular weight is 296 g/mol. The fourth-order valence-electron chi connectivity index (χ4n) is 0.879. The summed E-state index contributed by atoms with van der Waals surface area (Å²) in [5, 5.41) is -0.726. The zero-order chi connectivity index (χ0) is 14.1. The summed E-state index contributed by atoms with van der Waals surface area (Å²) in [5.41, 5.74) is 5.09. The standard InChI is InChI=1S/C7H4ClF6N3O/c8-2-3(15)16-1-17-4(2)18-5(6(9,10)11)7(12,13)14/h1,5H,(H2,15,16,17). The van der Waals surface area contributed by atoms with Gasteiger partial charge in [0, 0.05) is 0 Å². The molecule has 11 heteroatoms. The van der Waals surface area contributed by atoms with Crippen molar-refractivity contribution in [2.75, 3.05) is 5.73 Å². The maximum absolute atomic E-state index is 12.2. The molecule has 0 unspecified atom stereocenters. The van der Waals surface area contributed by atoms with Gasteiger partial charge in [0.05, 0.1) is 0 Å². The summed E-state index contributed by atoms with van der Waals surface area (Å²) in [6.07, 6.45) is -14.8. The molecular weight excluding hydrogens is 292 g/mol. The predicted molar refractivity (Wildman–Crippen MR) is 48.0 cm³/mol. The molecule has 2 N–H and O–H groups in total. The minimum atomic E-state index is -5.67. The highest BCUT2D eigenvalue weighted by Crippen LogP contribution is 2.38. The lowest BCUT2D eigenvalue weighted by Gasteiger charge is -2.23. The lowest BCUT2D eigenvalue weighted by atomic mass is 10.3. The molecule has 102 valence electrons. The van der Waals surface area contributed by atoms with Crippen LogP contribution in [0.1, 0.15) is 0 Å². The van der Waals surface area contributed by atoms with Crippen molar-refractivity contribution in [1.82, 2.24) is 9.97 Å². The zero-order valence-electron chi connectivity index (χ0n) is 8.18. The topological polar surface area (TPSA) is 61.0 Å². The van der Waals surface area contributed by atoms with Gasteiger partial charge >= 0.3 is 12.4 Å². The van der Waals surface area contributed by atoms with Crippen LogP contribution in [0.2, 0.25) is 5.02 Å². The van der Waals surface area contributed by atoms with Gasteiger partial charge < -0.3 is 10.5 Å². The number of anilines is 1. The third-order valence-electron chi connectivity index (χ3n) is 1.61. The molecule has 1 rings (SSSR count). The maximum atomic E-state index is 12.2. The van der Waals surface area contributed by atoms with Crippen molar-refractivity contribution in [3.05, 3.63) is 11.3 Å². The van der Waals surface area contributed by atoms with E-state index in [0.29, 0.717) is 6.33 Å². The minimum absolute atomic E-state index is 0.496. The molecule has 4 nitrogen and oxygen atoms in total. The highest BCUT2D eigenvalue weighted by molar-refractivity contribution is 6.33. The zero-order valence-corrected chi connectivity index (χ0v) is 8.94. The molecule has 0 spiro atoms. The van der Waals surface area contributed by atoms with E-state index in [1.54, 1.807) is 0 Å². The average Bonchev–Trinajstić information content (AvgIpc) is 2.16. The summed E-state index contributed by atoms with van der Waals surface area (Å²) < 4.78 is 76.8. The number of hydrogen-bond acceptors (Lipinski definition) is 4. The molecule has 0 radical (unpaired) electrons. The molecule has 0 aromatic carbocycles. The smallest absolute Gasteiger partial charge is 0.434 e. The number of halogens is 7. The second-order valence-electron chi connectivity index (χ2n) is 2.96. The van der Waals surface area contributed by atoms with Crippen molar-refractivity contribution >= 4 is 17.4 Å². The van der Waals surface area contributed by atoms with E-state index in [-0.39, 0.29) is 0 Å². The first-order chi connectivity index (χ1) is 8.03. The number of rotatable bonds is 2. The molecule has 0 fully saturated rings. The molecular formula is C7H4ClF6N3O. The van der Waals surface area contributed by atoms with Crippen LogP contribution in [0.25, 0.3) is 0 Å². The van der Waals surface area contributed by atoms with Gasteiger partial charge in [-0.05, 0) is 0 Å². The summed E-state index contributed by atoms with van der Waals surface area (Å²) in [6.45, 7) is 0. The number of nitrogen functional groups attached to an aromatic ring is 1. The summed E-state index contributed by atoms with van der Waals surface area (Å²) in [5.74, 6) is -1.59. The number of nitrogens with zero attached hydrogens (tertiary/aromatic N) is 2. The van der Waals surface area contributed by atoms with Crippen LogP contribution in [0.15, 0.2) is 6.33 Å². The summed E-state index contributed by atoms with van der Waals surface area (Å²) in [4.78, 5) is 6.32. The van der Waals surface area contributed by atoms with Gasteiger partial charge in [-0.1, -0.05) is 11.6 Å². The van der Waals surface area contributed by atoms with E-state index in [2.05, 4.69) is 14.7 Å². The van der Waals surface area contributed by atoms with Gasteiger partial charge in [0.1, 0.15) is 17.2 Å². The maximum Gasteiger partial charge on any atom is 0.434 e. The van der Waals surface area contributed by atoms with Crippen LogP contribution in [-0.2, 0) is 0 Å². The van der Waals surface area contributed by atoms with Crippen molar-refractivity contribution < 1.29 is 31.1 Å². The number of hydrogen-bond donors (Lipinski definition) is 1. The Bertz CT molecular complexity index is 420. The Hall–Kier alpha value is -1.45. The summed E-state index contributed by atoms with van der Waals surface area (Å²) in [7, 11) is 0. The Labute approximate surface area is 101 Å². The summed E-state index contributed by atoms with van der Waals surface area (Å²) in [6, 6.07) is 0. The Morgan fingerprint density at radius 2 is 1.61 bits per heavy atom. The first kappa shape index (κ1) is 14.6. The third-order valence-corrected chi connectivity index (χ3v) is 1.96. The lowest BCUT2D eigenvalue weighted by molar-refractivity contribution is -0.300. The Kier molecular flexibility index (Phi) is 3.79. The Morgan fingerprint density at radius 1 is 1.11 bits per heavy atom. The highest BCUT2D eigenvalue weighted by atomic mass is 35.5. The number of alkyl halides is 6. The van der Waals surface area contributed by atoms with Crippen molar-refractivity contribution in [3.8, 4) is 5.88 Å². The van der Waals surface area contributed by atoms with Crippen LogP contribution in [0.5, 0.6) is 5.88 Å². The van der Waals surface area contributed by atoms with Crippen LogP contribution < -0.4 is 10.5 Å². The normalized spacial score (nSPS) is 12.9. The molecule has 0 bridgehead atoms. The largest absolute Gasteiger partial charge is 0.454 e. The van der Waals surface area contributed by atoms with Crippen LogP contribution in [0.3, 0.4) is 0 Å². The molecule has 0 saturated heterocycles. The lowest BCUT2D eigenvalue weighted by Crippen LogP contribution is -2.46. The third kappa shape index (κ3) is 3.28. The van der Waals surface area contributed by atoms with Gasteiger partial charge in [0.15, 0.2) is 0 Å². The number of ether oxygens (including phenoxy) is 1. The molecule has 1 heterocycles. The molecule has 0 aliphatic carbocycles. The second-order valence-corrected chi connectivity index (χ2v) is 3.34. The molecule has 0 atom stereocenters. The van der Waals surface area contributed by atoms with E-state index >= 15 is 0 Å². The minimum Gasteiger partial charge on any atom is -0.454 e. The first-order valence-electron chi connectivity index (χ1n) is 4.09. The van der Waals surface area contributed by atoms with E-state index in [1.807, 2.05) is 0 Å². The number of nitrogens with two attached hydrogens (primary N) is 1. The van der Waals surface area contributed by atoms with E-state index < -0.39 is 35.2 Å². The monoisotopic (exact) mass is 295 g/mol. The van der Waals surface area contributed by atoms with Crippen molar-refractivity contribution in [2.24, 2.45) is 0 Å². The van der Waals surface area contributed by atoms with E-state index in [9.17, 15) is 26.3 Å². The molecule has 0 saturated carbocycles. The fraction of sp³-hybridized carbons (Fsp3) is 0.429. The van der Waals surface area contributed by atoms with Crippen molar-refractivity contribution in [2.45, 2.75) is 18.5 Å². The molecule has 18 heavy (non-hydrogen) atoms. The predicted octanol–water partition coefficient (Wildman–Crippen LogP) is 2.58. The molecule has 0 aliphatic rings. The van der Waals surface area contributed by atoms with Crippen molar-refractivity contribution in [3.63, 3.8) is 0 Å². The van der Waals surface area contributed by atoms with E-state index in [0.717, 1.165) is 0 Å². The first-order valence-corrected chi connectivity index (χ1v) is 4.47. The highest BCUT2D eigenvalue weighted by Gasteiger charge is 2.59. The van der Waals surface area contributed by atoms with Gasteiger partial charge in [-0.25, -0.2) is 9.97 Å². The SMILES string of the molecule is Nc1ncnc(OC(C(F)(F)F)C(F)(F)F)c1Cl. The van der Waals surface area contributed by atoms with E-state index in [4.69, 9.17) is 17.3 Å². The van der Waals surface area contributed by atoms with Crippen LogP contribution in [0, 0.1) is 0 Å². The van der Waals surface area contributed by atoms with Crippen LogP contribution in [-0.4, -0.2) is 28.4 Å². The van der Waals surface area contributed by atoms with Crippen LogP contribution in [0.4, 0.5) is 32.2 Å². The molecule has 0 aliphatic heterocycles. The van der Waals surface area contributed by atoms with Gasteiger partial charge in [-0.3, -0.25) is 0 Å². The van der Waals surface area contributed by atoms with Gasteiger partial charge in [0.25, 0.3) is 6.10 Å². The Morgan fingerprint density at radius 3 is 2.06 bits per heavy atom. The fourth-order valence-corrected chi connectivity index (χ4v) is 1.02.